The Balaban J connectivity index is 1.73. The van der Waals surface area contributed by atoms with E-state index in [2.05, 4.69) is 46.4 Å². The molecule has 0 amide bonds. The normalized spacial score (nSPS) is 18.5. The van der Waals surface area contributed by atoms with Crippen LogP contribution in [-0.2, 0) is 4.74 Å². The quantitative estimate of drug-likeness (QED) is 0.842. The second kappa shape index (κ2) is 8.12. The van der Waals surface area contributed by atoms with Gasteiger partial charge in [0.05, 0.1) is 19.4 Å². The van der Waals surface area contributed by atoms with Gasteiger partial charge in [0.2, 0.25) is 0 Å². The van der Waals surface area contributed by atoms with Gasteiger partial charge < -0.3 is 10.1 Å². The fraction of sp³-hybridized carbons (Fsp3) is 0.500. The molecule has 1 aliphatic rings. The molecule has 0 aliphatic carbocycles. The highest BCUT2D eigenvalue weighted by Crippen LogP contribution is 2.25. The summed E-state index contributed by atoms with van der Waals surface area (Å²) in [6, 6.07) is 8.69. The van der Waals surface area contributed by atoms with Crippen molar-refractivity contribution in [3.63, 3.8) is 0 Å². The van der Waals surface area contributed by atoms with E-state index in [-0.39, 0.29) is 12.1 Å². The van der Waals surface area contributed by atoms with Gasteiger partial charge in [-0.2, -0.15) is 5.10 Å². The Kier molecular flexibility index (Phi) is 5.89. The van der Waals surface area contributed by atoms with Gasteiger partial charge in [0.1, 0.15) is 0 Å². The van der Waals surface area contributed by atoms with E-state index in [1.807, 2.05) is 18.3 Å². The van der Waals surface area contributed by atoms with E-state index in [0.29, 0.717) is 0 Å². The highest BCUT2D eigenvalue weighted by atomic mass is 35.5. The molecular formula is C18H25ClN4O. The number of aromatic nitrogens is 2. The maximum Gasteiger partial charge on any atom is 0.0594 e. The average Bonchev–Trinajstić information content (AvgIpc) is 3.02. The second-order valence-electron chi connectivity index (χ2n) is 6.30. The third-order valence-corrected chi connectivity index (χ3v) is 4.91. The summed E-state index contributed by atoms with van der Waals surface area (Å²) in [6.45, 7) is 8.53. The molecule has 2 heterocycles. The van der Waals surface area contributed by atoms with Gasteiger partial charge in [-0.3, -0.25) is 10.00 Å². The van der Waals surface area contributed by atoms with Crippen LogP contribution in [0.4, 0.5) is 0 Å². The summed E-state index contributed by atoms with van der Waals surface area (Å²) in [4.78, 5) is 2.47. The molecule has 6 heteroatoms. The summed E-state index contributed by atoms with van der Waals surface area (Å²) in [7, 11) is 0. The van der Waals surface area contributed by atoms with Gasteiger partial charge in [-0.15, -0.1) is 0 Å². The van der Waals surface area contributed by atoms with Gasteiger partial charge in [0.25, 0.3) is 0 Å². The minimum atomic E-state index is 0.242. The lowest BCUT2D eigenvalue weighted by Gasteiger charge is -2.35. The summed E-state index contributed by atoms with van der Waals surface area (Å²) in [5.41, 5.74) is 3.57. The van der Waals surface area contributed by atoms with Crippen LogP contribution in [0.2, 0.25) is 5.02 Å². The van der Waals surface area contributed by atoms with Crippen molar-refractivity contribution in [3.05, 3.63) is 52.3 Å². The number of rotatable bonds is 6. The summed E-state index contributed by atoms with van der Waals surface area (Å²) in [5, 5.41) is 11.6. The highest BCUT2D eigenvalue weighted by Gasteiger charge is 2.23. The van der Waals surface area contributed by atoms with Crippen LogP contribution in [0, 0.1) is 6.92 Å². The first-order chi connectivity index (χ1) is 11.6. The lowest BCUT2D eigenvalue weighted by Crippen LogP contribution is -2.43. The molecule has 0 saturated carbocycles. The maximum atomic E-state index is 6.22. The van der Waals surface area contributed by atoms with Crippen LogP contribution in [0.5, 0.6) is 0 Å². The van der Waals surface area contributed by atoms with E-state index in [4.69, 9.17) is 16.3 Å². The van der Waals surface area contributed by atoms with Gasteiger partial charge >= 0.3 is 0 Å². The number of halogens is 1. The first-order valence-corrected chi connectivity index (χ1v) is 8.83. The van der Waals surface area contributed by atoms with E-state index >= 15 is 0 Å². The number of benzene rings is 1. The maximum absolute atomic E-state index is 6.22. The topological polar surface area (TPSA) is 53.2 Å². The van der Waals surface area contributed by atoms with E-state index in [1.54, 1.807) is 0 Å². The van der Waals surface area contributed by atoms with Gasteiger partial charge in [-0.25, -0.2) is 0 Å². The molecule has 1 saturated heterocycles. The Morgan fingerprint density at radius 3 is 2.83 bits per heavy atom. The number of nitrogens with zero attached hydrogens (tertiary/aromatic N) is 2. The fourth-order valence-corrected chi connectivity index (χ4v) is 3.45. The molecule has 0 radical (unpaired) electrons. The number of H-pyrrole nitrogens is 1. The highest BCUT2D eigenvalue weighted by molar-refractivity contribution is 6.30. The monoisotopic (exact) mass is 348 g/mol. The summed E-state index contributed by atoms with van der Waals surface area (Å²) in [6.07, 6.45) is 1.90. The van der Waals surface area contributed by atoms with E-state index in [1.165, 1.54) is 11.1 Å². The summed E-state index contributed by atoms with van der Waals surface area (Å²) >= 11 is 6.22. The molecular weight excluding hydrogens is 324 g/mol. The molecule has 2 aromatic rings. The van der Waals surface area contributed by atoms with Crippen molar-refractivity contribution in [1.29, 1.82) is 0 Å². The zero-order chi connectivity index (χ0) is 16.9. The third kappa shape index (κ3) is 4.16. The van der Waals surface area contributed by atoms with Crippen molar-refractivity contribution in [2.45, 2.75) is 25.9 Å². The molecule has 24 heavy (non-hydrogen) atoms. The van der Waals surface area contributed by atoms with Crippen molar-refractivity contribution >= 4 is 11.6 Å². The predicted molar refractivity (Wildman–Crippen MR) is 96.3 cm³/mol. The Morgan fingerprint density at radius 2 is 2.17 bits per heavy atom. The molecule has 1 fully saturated rings. The Labute approximate surface area is 148 Å². The van der Waals surface area contributed by atoms with Crippen LogP contribution in [0.25, 0.3) is 0 Å². The molecule has 1 aromatic heterocycles. The number of aromatic amines is 1. The Morgan fingerprint density at radius 1 is 1.38 bits per heavy atom. The standard InChI is InChI=1S/C18H25ClN4O/c1-13(17-11-21-22-14(17)2)20-12-18(23-6-8-24-9-7-23)15-4-3-5-16(19)10-15/h3-5,10-11,13,18,20H,6-9,12H2,1-2H3,(H,21,22)/t13-,18+/m1/s1. The lowest BCUT2D eigenvalue weighted by atomic mass is 10.0. The smallest absolute Gasteiger partial charge is 0.0594 e. The minimum Gasteiger partial charge on any atom is -0.379 e. The van der Waals surface area contributed by atoms with Crippen molar-refractivity contribution < 1.29 is 4.74 Å². The SMILES string of the molecule is Cc1[nH]ncc1[C@@H](C)NC[C@@H](c1cccc(Cl)c1)N1CCOCC1. The molecule has 1 aromatic carbocycles. The number of hydrogen-bond donors (Lipinski definition) is 2. The second-order valence-corrected chi connectivity index (χ2v) is 6.74. The Hall–Kier alpha value is -1.40. The summed E-state index contributed by atoms with van der Waals surface area (Å²) < 4.78 is 5.51. The molecule has 0 bridgehead atoms. The van der Waals surface area contributed by atoms with Crippen LogP contribution in [0.3, 0.4) is 0 Å². The van der Waals surface area contributed by atoms with E-state index in [9.17, 15) is 0 Å². The van der Waals surface area contributed by atoms with Gasteiger partial charge in [0, 0.05) is 48.0 Å². The first-order valence-electron chi connectivity index (χ1n) is 8.45. The number of aryl methyl sites for hydroxylation is 1. The van der Waals surface area contributed by atoms with Crippen LogP contribution in [-0.4, -0.2) is 47.9 Å². The van der Waals surface area contributed by atoms with Gasteiger partial charge in [0.15, 0.2) is 0 Å². The van der Waals surface area contributed by atoms with Crippen molar-refractivity contribution in [2.24, 2.45) is 0 Å². The number of nitrogens with one attached hydrogen (secondary N) is 2. The van der Waals surface area contributed by atoms with Crippen molar-refractivity contribution in [1.82, 2.24) is 20.4 Å². The number of ether oxygens (including phenoxy) is 1. The van der Waals surface area contributed by atoms with E-state index < -0.39 is 0 Å². The average molecular weight is 349 g/mol. The van der Waals surface area contributed by atoms with Crippen molar-refractivity contribution in [2.75, 3.05) is 32.8 Å². The number of morpholine rings is 1. The molecule has 5 nitrogen and oxygen atoms in total. The fourth-order valence-electron chi connectivity index (χ4n) is 3.26. The lowest BCUT2D eigenvalue weighted by molar-refractivity contribution is 0.0157. The minimum absolute atomic E-state index is 0.242. The molecule has 0 spiro atoms. The Bertz CT molecular complexity index is 654. The predicted octanol–water partition coefficient (Wildman–Crippen LogP) is 3.10. The molecule has 0 unspecified atom stereocenters. The molecule has 2 atom stereocenters. The molecule has 1 aliphatic heterocycles. The molecule has 2 N–H and O–H groups in total. The van der Waals surface area contributed by atoms with Crippen LogP contribution >= 0.6 is 11.6 Å². The first kappa shape index (κ1) is 17.4. The molecule has 3 rings (SSSR count). The van der Waals surface area contributed by atoms with Gasteiger partial charge in [-0.1, -0.05) is 23.7 Å². The zero-order valence-corrected chi connectivity index (χ0v) is 15.0. The van der Waals surface area contributed by atoms with Crippen LogP contribution < -0.4 is 5.32 Å². The number of hydrogen-bond acceptors (Lipinski definition) is 4. The summed E-state index contributed by atoms with van der Waals surface area (Å²) in [5.74, 6) is 0. The third-order valence-electron chi connectivity index (χ3n) is 4.67. The zero-order valence-electron chi connectivity index (χ0n) is 14.3. The molecule has 130 valence electrons. The largest absolute Gasteiger partial charge is 0.379 e. The van der Waals surface area contributed by atoms with Crippen LogP contribution in [0.1, 0.15) is 35.8 Å². The van der Waals surface area contributed by atoms with Crippen molar-refractivity contribution in [3.8, 4) is 0 Å². The van der Waals surface area contributed by atoms with Gasteiger partial charge in [-0.05, 0) is 31.5 Å². The van der Waals surface area contributed by atoms with E-state index in [0.717, 1.165) is 43.6 Å². The van der Waals surface area contributed by atoms with Crippen LogP contribution in [0.15, 0.2) is 30.5 Å².